The Kier molecular flexibility index (Phi) is 4.82. The summed E-state index contributed by atoms with van der Waals surface area (Å²) in [7, 11) is 1.63. The molecule has 1 unspecified atom stereocenters. The van der Waals surface area contributed by atoms with Gasteiger partial charge in [-0.2, -0.15) is 0 Å². The monoisotopic (exact) mass is 274 g/mol. The van der Waals surface area contributed by atoms with Crippen molar-refractivity contribution in [3.8, 4) is 5.75 Å². The molecule has 1 aromatic carbocycles. The van der Waals surface area contributed by atoms with Crippen LogP contribution in [0.1, 0.15) is 24.2 Å². The second-order valence-electron chi connectivity index (χ2n) is 4.07. The Bertz CT molecular complexity index is 528. The summed E-state index contributed by atoms with van der Waals surface area (Å²) in [5, 5.41) is 0. The van der Waals surface area contributed by atoms with E-state index in [0.717, 1.165) is 22.8 Å². The molecule has 0 aliphatic heterocycles. The van der Waals surface area contributed by atoms with Gasteiger partial charge >= 0.3 is 0 Å². The van der Waals surface area contributed by atoms with E-state index in [4.69, 9.17) is 10.5 Å². The predicted molar refractivity (Wildman–Crippen MR) is 79.7 cm³/mol. The van der Waals surface area contributed by atoms with Gasteiger partial charge in [0.25, 0.3) is 0 Å². The minimum atomic E-state index is -0.267. The fraction of sp³-hybridized carbons (Fsp3) is 0.267. The number of hydrogen-bond donors (Lipinski definition) is 1. The van der Waals surface area contributed by atoms with Gasteiger partial charge in [0.1, 0.15) is 11.4 Å². The van der Waals surface area contributed by atoms with Crippen molar-refractivity contribution in [2.45, 2.75) is 17.9 Å². The highest BCUT2D eigenvalue weighted by Gasteiger charge is 2.14. The highest BCUT2D eigenvalue weighted by Crippen LogP contribution is 2.27. The Labute approximate surface area is 118 Å². The second kappa shape index (κ2) is 6.59. The molecule has 2 rings (SSSR count). The quantitative estimate of drug-likeness (QED) is 0.850. The van der Waals surface area contributed by atoms with E-state index in [1.165, 1.54) is 4.90 Å². The lowest BCUT2D eigenvalue weighted by atomic mass is 10.0. The molecule has 0 fully saturated rings. The predicted octanol–water partition coefficient (Wildman–Crippen LogP) is 3.25. The molecule has 0 spiro atoms. The molecule has 0 aliphatic rings. The number of aromatic nitrogens is 1. The Morgan fingerprint density at radius 1 is 1.26 bits per heavy atom. The van der Waals surface area contributed by atoms with Gasteiger partial charge < -0.3 is 10.5 Å². The standard InChI is InChI=1S/C15H18N2OS/c1-3-19-12-8-6-11(7-9-12)14(16)15-13(18-2)5-4-10-17-15/h4-10,14H,3,16H2,1-2H3. The molecule has 0 amide bonds. The Morgan fingerprint density at radius 3 is 2.63 bits per heavy atom. The third-order valence-corrected chi connectivity index (χ3v) is 3.76. The van der Waals surface area contributed by atoms with Gasteiger partial charge in [0.05, 0.1) is 13.2 Å². The summed E-state index contributed by atoms with van der Waals surface area (Å²) < 4.78 is 5.30. The first-order valence-electron chi connectivity index (χ1n) is 6.23. The molecule has 19 heavy (non-hydrogen) atoms. The Morgan fingerprint density at radius 2 is 2.00 bits per heavy atom. The fourth-order valence-electron chi connectivity index (χ4n) is 1.90. The summed E-state index contributed by atoms with van der Waals surface area (Å²) in [5.41, 5.74) is 8.07. The minimum Gasteiger partial charge on any atom is -0.495 e. The van der Waals surface area contributed by atoms with Crippen LogP contribution in [0.4, 0.5) is 0 Å². The molecule has 1 heterocycles. The van der Waals surface area contributed by atoms with Crippen LogP contribution < -0.4 is 10.5 Å². The summed E-state index contributed by atoms with van der Waals surface area (Å²) >= 11 is 1.82. The van der Waals surface area contributed by atoms with Crippen molar-refractivity contribution >= 4 is 11.8 Å². The summed E-state index contributed by atoms with van der Waals surface area (Å²) in [6, 6.07) is 11.8. The first kappa shape index (κ1) is 13.9. The summed E-state index contributed by atoms with van der Waals surface area (Å²) in [6.07, 6.45) is 1.74. The van der Waals surface area contributed by atoms with Crippen molar-refractivity contribution in [1.82, 2.24) is 4.98 Å². The van der Waals surface area contributed by atoms with E-state index in [9.17, 15) is 0 Å². The van der Waals surface area contributed by atoms with Crippen LogP contribution in [0.15, 0.2) is 47.5 Å². The van der Waals surface area contributed by atoms with E-state index >= 15 is 0 Å². The highest BCUT2D eigenvalue weighted by atomic mass is 32.2. The number of methoxy groups -OCH3 is 1. The maximum absolute atomic E-state index is 6.27. The van der Waals surface area contributed by atoms with Crippen LogP contribution in [0.2, 0.25) is 0 Å². The van der Waals surface area contributed by atoms with Crippen LogP contribution in [-0.2, 0) is 0 Å². The van der Waals surface area contributed by atoms with Crippen molar-refractivity contribution in [3.05, 3.63) is 53.9 Å². The maximum atomic E-state index is 6.27. The number of rotatable bonds is 5. The molecule has 1 aromatic heterocycles. The highest BCUT2D eigenvalue weighted by molar-refractivity contribution is 7.99. The van der Waals surface area contributed by atoms with Crippen LogP contribution in [-0.4, -0.2) is 17.8 Å². The number of hydrogen-bond acceptors (Lipinski definition) is 4. The number of thioether (sulfide) groups is 1. The molecule has 0 bridgehead atoms. The first-order valence-corrected chi connectivity index (χ1v) is 7.22. The minimum absolute atomic E-state index is 0.267. The van der Waals surface area contributed by atoms with Gasteiger partial charge in [0, 0.05) is 11.1 Å². The van der Waals surface area contributed by atoms with Crippen molar-refractivity contribution in [3.63, 3.8) is 0 Å². The normalized spacial score (nSPS) is 12.2. The number of ether oxygens (including phenoxy) is 1. The molecule has 2 aromatic rings. The molecular weight excluding hydrogens is 256 g/mol. The molecule has 0 radical (unpaired) electrons. The van der Waals surface area contributed by atoms with E-state index in [2.05, 4.69) is 36.2 Å². The molecule has 100 valence electrons. The van der Waals surface area contributed by atoms with Crippen LogP contribution >= 0.6 is 11.8 Å². The number of benzene rings is 1. The fourth-order valence-corrected chi connectivity index (χ4v) is 2.57. The van der Waals surface area contributed by atoms with Gasteiger partial charge in [-0.15, -0.1) is 11.8 Å². The van der Waals surface area contributed by atoms with Crippen molar-refractivity contribution < 1.29 is 4.74 Å². The van der Waals surface area contributed by atoms with Crippen molar-refractivity contribution in [1.29, 1.82) is 0 Å². The molecule has 0 aliphatic carbocycles. The summed E-state index contributed by atoms with van der Waals surface area (Å²) in [4.78, 5) is 5.59. The van der Waals surface area contributed by atoms with E-state index in [0.29, 0.717) is 0 Å². The largest absolute Gasteiger partial charge is 0.495 e. The SMILES string of the molecule is CCSc1ccc(C(N)c2ncccc2OC)cc1. The summed E-state index contributed by atoms with van der Waals surface area (Å²) in [5.74, 6) is 1.79. The average molecular weight is 274 g/mol. The Hall–Kier alpha value is -1.52. The molecule has 3 nitrogen and oxygen atoms in total. The molecule has 4 heteroatoms. The zero-order chi connectivity index (χ0) is 13.7. The van der Waals surface area contributed by atoms with Gasteiger partial charge in [-0.05, 0) is 35.6 Å². The number of nitrogens with zero attached hydrogens (tertiary/aromatic N) is 1. The lowest BCUT2D eigenvalue weighted by Gasteiger charge is -2.15. The smallest absolute Gasteiger partial charge is 0.142 e. The molecule has 0 saturated carbocycles. The van der Waals surface area contributed by atoms with Crippen LogP contribution in [0.5, 0.6) is 5.75 Å². The van der Waals surface area contributed by atoms with Gasteiger partial charge in [0.2, 0.25) is 0 Å². The second-order valence-corrected chi connectivity index (χ2v) is 5.41. The van der Waals surface area contributed by atoms with E-state index < -0.39 is 0 Å². The average Bonchev–Trinajstić information content (AvgIpc) is 2.47. The third-order valence-electron chi connectivity index (χ3n) is 2.86. The maximum Gasteiger partial charge on any atom is 0.142 e. The van der Waals surface area contributed by atoms with Crippen molar-refractivity contribution in [2.75, 3.05) is 12.9 Å². The zero-order valence-electron chi connectivity index (χ0n) is 11.2. The lowest BCUT2D eigenvalue weighted by molar-refractivity contribution is 0.404. The van der Waals surface area contributed by atoms with Crippen LogP contribution in [0.25, 0.3) is 0 Å². The lowest BCUT2D eigenvalue weighted by Crippen LogP contribution is -2.14. The zero-order valence-corrected chi connectivity index (χ0v) is 12.0. The molecule has 1 atom stereocenters. The van der Waals surface area contributed by atoms with Crippen LogP contribution in [0.3, 0.4) is 0 Å². The Balaban J connectivity index is 2.25. The van der Waals surface area contributed by atoms with Gasteiger partial charge in [0.15, 0.2) is 0 Å². The number of nitrogens with two attached hydrogens (primary N) is 1. The topological polar surface area (TPSA) is 48.1 Å². The van der Waals surface area contributed by atoms with E-state index in [1.807, 2.05) is 23.9 Å². The van der Waals surface area contributed by atoms with Gasteiger partial charge in [-0.25, -0.2) is 0 Å². The van der Waals surface area contributed by atoms with Crippen LogP contribution in [0, 0.1) is 0 Å². The van der Waals surface area contributed by atoms with Gasteiger partial charge in [-0.3, -0.25) is 4.98 Å². The first-order chi connectivity index (χ1) is 9.26. The van der Waals surface area contributed by atoms with E-state index in [1.54, 1.807) is 13.3 Å². The van der Waals surface area contributed by atoms with Gasteiger partial charge in [-0.1, -0.05) is 19.1 Å². The van der Waals surface area contributed by atoms with E-state index in [-0.39, 0.29) is 6.04 Å². The third kappa shape index (κ3) is 3.28. The molecule has 2 N–H and O–H groups in total. The number of pyridine rings is 1. The molecular formula is C15H18N2OS. The van der Waals surface area contributed by atoms with Crippen molar-refractivity contribution in [2.24, 2.45) is 5.73 Å². The summed E-state index contributed by atoms with van der Waals surface area (Å²) in [6.45, 7) is 2.14. The molecule has 0 saturated heterocycles.